The summed E-state index contributed by atoms with van der Waals surface area (Å²) in [4.78, 5) is 23.7. The lowest BCUT2D eigenvalue weighted by molar-refractivity contribution is 0.0733. The summed E-state index contributed by atoms with van der Waals surface area (Å²) in [6.45, 7) is 0.699. The average Bonchev–Trinajstić information content (AvgIpc) is 3.23. The maximum Gasteiger partial charge on any atom is 0.254 e. The number of likely N-dealkylation sites (tertiary alicyclic amines) is 1. The first-order valence-corrected chi connectivity index (χ1v) is 9.30. The molecule has 6 nitrogen and oxygen atoms in total. The third kappa shape index (κ3) is 3.41. The summed E-state index contributed by atoms with van der Waals surface area (Å²) in [7, 11) is 1.64. The van der Waals surface area contributed by atoms with E-state index in [-0.39, 0.29) is 17.9 Å². The number of aromatic nitrogens is 2. The minimum absolute atomic E-state index is 0.0148. The van der Waals surface area contributed by atoms with Crippen LogP contribution in [0.5, 0.6) is 5.75 Å². The second-order valence-electron chi connectivity index (χ2n) is 6.78. The van der Waals surface area contributed by atoms with Gasteiger partial charge in [0.15, 0.2) is 0 Å². The molecule has 142 valence electrons. The van der Waals surface area contributed by atoms with Gasteiger partial charge in [-0.15, -0.1) is 0 Å². The van der Waals surface area contributed by atoms with Gasteiger partial charge in [0.2, 0.25) is 5.95 Å². The van der Waals surface area contributed by atoms with Crippen LogP contribution in [0.25, 0.3) is 11.1 Å². The van der Waals surface area contributed by atoms with Crippen LogP contribution in [-0.4, -0.2) is 34.4 Å². The smallest absolute Gasteiger partial charge is 0.254 e. The average molecular weight is 374 g/mol. The molecule has 1 aliphatic heterocycles. The monoisotopic (exact) mass is 374 g/mol. The quantitative estimate of drug-likeness (QED) is 0.753. The Bertz CT molecular complexity index is 974. The highest BCUT2D eigenvalue weighted by Crippen LogP contribution is 2.37. The summed E-state index contributed by atoms with van der Waals surface area (Å²) < 4.78 is 5.25. The lowest BCUT2D eigenvalue weighted by atomic mass is 9.99. The van der Waals surface area contributed by atoms with Crippen molar-refractivity contribution >= 4 is 11.9 Å². The standard InChI is InChI=1S/C22H22N4O2/c1-28-17-11-9-15(10-12-17)18-14-24-22(23)25-20(18)19-8-5-13-26(19)21(27)16-6-3-2-4-7-16/h2-4,6-7,9-12,14,19H,5,8,13H2,1H3,(H2,23,24,25)/t19-/m1/s1. The van der Waals surface area contributed by atoms with E-state index in [4.69, 9.17) is 10.5 Å². The minimum Gasteiger partial charge on any atom is -0.497 e. The highest BCUT2D eigenvalue weighted by Gasteiger charge is 2.33. The van der Waals surface area contributed by atoms with Crippen LogP contribution in [0.2, 0.25) is 0 Å². The van der Waals surface area contributed by atoms with E-state index in [0.29, 0.717) is 12.1 Å². The molecule has 0 saturated carbocycles. The molecule has 0 spiro atoms. The molecule has 0 unspecified atom stereocenters. The molecule has 1 aliphatic rings. The Hall–Kier alpha value is -3.41. The van der Waals surface area contributed by atoms with Crippen molar-refractivity contribution in [1.29, 1.82) is 0 Å². The van der Waals surface area contributed by atoms with E-state index in [1.807, 2.05) is 59.5 Å². The topological polar surface area (TPSA) is 81.3 Å². The predicted molar refractivity (Wildman–Crippen MR) is 108 cm³/mol. The maximum atomic E-state index is 13.1. The first-order valence-electron chi connectivity index (χ1n) is 9.30. The number of nitrogens with zero attached hydrogens (tertiary/aromatic N) is 3. The minimum atomic E-state index is -0.130. The summed E-state index contributed by atoms with van der Waals surface area (Å²) in [6.07, 6.45) is 3.51. The third-order valence-corrected chi connectivity index (χ3v) is 5.09. The molecule has 2 N–H and O–H groups in total. The van der Waals surface area contributed by atoms with Gasteiger partial charge in [-0.1, -0.05) is 30.3 Å². The fourth-order valence-electron chi connectivity index (χ4n) is 3.70. The fourth-order valence-corrected chi connectivity index (χ4v) is 3.70. The number of amides is 1. The predicted octanol–water partition coefficient (Wildman–Crippen LogP) is 3.71. The van der Waals surface area contributed by atoms with Gasteiger partial charge in [0.05, 0.1) is 18.8 Å². The summed E-state index contributed by atoms with van der Waals surface area (Å²) in [5, 5.41) is 0. The van der Waals surface area contributed by atoms with E-state index < -0.39 is 0 Å². The molecule has 4 rings (SSSR count). The van der Waals surface area contributed by atoms with Crippen molar-refractivity contribution < 1.29 is 9.53 Å². The second-order valence-corrected chi connectivity index (χ2v) is 6.78. The molecule has 1 atom stereocenters. The van der Waals surface area contributed by atoms with E-state index >= 15 is 0 Å². The van der Waals surface area contributed by atoms with Gasteiger partial charge in [-0.25, -0.2) is 9.97 Å². The van der Waals surface area contributed by atoms with Gasteiger partial charge in [-0.3, -0.25) is 4.79 Å². The van der Waals surface area contributed by atoms with Crippen molar-refractivity contribution in [2.24, 2.45) is 0 Å². The first-order chi connectivity index (χ1) is 13.7. The Morgan fingerprint density at radius 3 is 2.61 bits per heavy atom. The molecule has 1 aromatic heterocycles. The number of ether oxygens (including phenoxy) is 1. The van der Waals surface area contributed by atoms with Crippen LogP contribution in [0.1, 0.15) is 34.9 Å². The van der Waals surface area contributed by atoms with Gasteiger partial charge >= 0.3 is 0 Å². The Morgan fingerprint density at radius 1 is 1.14 bits per heavy atom. The Morgan fingerprint density at radius 2 is 1.89 bits per heavy atom. The summed E-state index contributed by atoms with van der Waals surface area (Å²) in [6, 6.07) is 17.0. The van der Waals surface area contributed by atoms with Gasteiger partial charge in [0, 0.05) is 23.9 Å². The zero-order chi connectivity index (χ0) is 19.5. The number of nitrogens with two attached hydrogens (primary N) is 1. The van der Waals surface area contributed by atoms with Crippen LogP contribution in [-0.2, 0) is 0 Å². The summed E-state index contributed by atoms with van der Waals surface area (Å²) in [5.74, 6) is 1.01. The van der Waals surface area contributed by atoms with E-state index in [2.05, 4.69) is 9.97 Å². The van der Waals surface area contributed by atoms with E-state index in [9.17, 15) is 4.79 Å². The molecular weight excluding hydrogens is 352 g/mol. The number of nitrogen functional groups attached to an aromatic ring is 1. The summed E-state index contributed by atoms with van der Waals surface area (Å²) in [5.41, 5.74) is 9.23. The number of carbonyl (C=O) groups excluding carboxylic acids is 1. The van der Waals surface area contributed by atoms with Crippen molar-refractivity contribution in [2.45, 2.75) is 18.9 Å². The first kappa shape index (κ1) is 18.0. The van der Waals surface area contributed by atoms with Crippen molar-refractivity contribution in [3.8, 4) is 16.9 Å². The van der Waals surface area contributed by atoms with E-state index in [0.717, 1.165) is 35.4 Å². The third-order valence-electron chi connectivity index (χ3n) is 5.09. The number of methoxy groups -OCH3 is 1. The molecule has 1 fully saturated rings. The van der Waals surface area contributed by atoms with Crippen molar-refractivity contribution in [2.75, 3.05) is 19.4 Å². The van der Waals surface area contributed by atoms with Crippen molar-refractivity contribution in [3.63, 3.8) is 0 Å². The van der Waals surface area contributed by atoms with Crippen molar-refractivity contribution in [1.82, 2.24) is 14.9 Å². The van der Waals surface area contributed by atoms with Crippen LogP contribution < -0.4 is 10.5 Å². The molecular formula is C22H22N4O2. The SMILES string of the molecule is COc1ccc(-c2cnc(N)nc2[C@H]2CCCN2C(=O)c2ccccc2)cc1. The number of hydrogen-bond acceptors (Lipinski definition) is 5. The van der Waals surface area contributed by atoms with E-state index in [1.165, 1.54) is 0 Å². The number of hydrogen-bond donors (Lipinski definition) is 1. The summed E-state index contributed by atoms with van der Waals surface area (Å²) >= 11 is 0. The number of anilines is 1. The number of carbonyl (C=O) groups is 1. The molecule has 1 amide bonds. The van der Waals surface area contributed by atoms with Crippen LogP contribution >= 0.6 is 0 Å². The molecule has 0 radical (unpaired) electrons. The zero-order valence-electron chi connectivity index (χ0n) is 15.7. The Kier molecular flexibility index (Phi) is 4.93. The Labute approximate surface area is 164 Å². The second kappa shape index (κ2) is 7.68. The van der Waals surface area contributed by atoms with E-state index in [1.54, 1.807) is 13.3 Å². The van der Waals surface area contributed by atoms with Gasteiger partial charge in [0.25, 0.3) is 5.91 Å². The maximum absolute atomic E-state index is 13.1. The van der Waals surface area contributed by atoms with Crippen molar-refractivity contribution in [3.05, 3.63) is 72.1 Å². The van der Waals surface area contributed by atoms with Gasteiger partial charge < -0.3 is 15.4 Å². The van der Waals surface area contributed by atoms with Gasteiger partial charge in [-0.05, 0) is 42.7 Å². The lowest BCUT2D eigenvalue weighted by Gasteiger charge is -2.26. The zero-order valence-corrected chi connectivity index (χ0v) is 15.7. The van der Waals surface area contributed by atoms with Gasteiger partial charge in [0.1, 0.15) is 5.75 Å². The highest BCUT2D eigenvalue weighted by molar-refractivity contribution is 5.94. The van der Waals surface area contributed by atoms with Crippen LogP contribution in [0.4, 0.5) is 5.95 Å². The molecule has 0 bridgehead atoms. The molecule has 6 heteroatoms. The number of rotatable bonds is 4. The molecule has 0 aliphatic carbocycles. The number of benzene rings is 2. The molecule has 3 aromatic rings. The van der Waals surface area contributed by atoms with Crippen LogP contribution in [0, 0.1) is 0 Å². The fraction of sp³-hybridized carbons (Fsp3) is 0.227. The van der Waals surface area contributed by atoms with Crippen LogP contribution in [0.3, 0.4) is 0 Å². The lowest BCUT2D eigenvalue weighted by Crippen LogP contribution is -2.31. The van der Waals surface area contributed by atoms with Crippen LogP contribution in [0.15, 0.2) is 60.8 Å². The Balaban J connectivity index is 1.73. The molecule has 2 heterocycles. The highest BCUT2D eigenvalue weighted by atomic mass is 16.5. The largest absolute Gasteiger partial charge is 0.497 e. The molecule has 2 aromatic carbocycles. The molecule has 28 heavy (non-hydrogen) atoms. The molecule has 1 saturated heterocycles. The van der Waals surface area contributed by atoms with Gasteiger partial charge in [-0.2, -0.15) is 0 Å². The normalized spacial score (nSPS) is 16.2.